The van der Waals surface area contributed by atoms with Gasteiger partial charge in [-0.15, -0.1) is 11.3 Å². The molecule has 1 N–H and O–H groups in total. The van der Waals surface area contributed by atoms with Gasteiger partial charge in [0.25, 0.3) is 5.91 Å². The van der Waals surface area contributed by atoms with E-state index >= 15 is 0 Å². The molecule has 0 fully saturated rings. The Balaban J connectivity index is 1.67. The van der Waals surface area contributed by atoms with Crippen LogP contribution in [-0.2, 0) is 12.8 Å². The van der Waals surface area contributed by atoms with E-state index in [1.54, 1.807) is 18.0 Å². The first-order chi connectivity index (χ1) is 11.1. The van der Waals surface area contributed by atoms with Crippen molar-refractivity contribution >= 4 is 34.1 Å². The molecule has 0 saturated carbocycles. The van der Waals surface area contributed by atoms with Crippen molar-refractivity contribution in [2.75, 3.05) is 5.32 Å². The maximum atomic E-state index is 12.3. The first kappa shape index (κ1) is 15.8. The maximum absolute atomic E-state index is 12.3. The van der Waals surface area contributed by atoms with Crippen molar-refractivity contribution in [3.8, 4) is 0 Å². The van der Waals surface area contributed by atoms with Gasteiger partial charge in [0.2, 0.25) is 0 Å². The average Bonchev–Trinajstić information content (AvgIpc) is 3.14. The minimum Gasteiger partial charge on any atom is -0.329 e. The molecule has 0 spiro atoms. The Bertz CT molecular complexity index is 825. The molecule has 2 heterocycles. The standard InChI is InChI=1S/C16H16N4OS2/c1-11-9-22-15(18-11)19-14(21)13-5-3-4-12(8-13)10-23-16-17-6-7-20(16)2/h3-9H,10H2,1-2H3,(H,18,19,21). The molecule has 1 aromatic carbocycles. The second-order valence-electron chi connectivity index (χ2n) is 5.06. The number of hydrogen-bond acceptors (Lipinski definition) is 5. The number of thiazole rings is 1. The summed E-state index contributed by atoms with van der Waals surface area (Å²) in [7, 11) is 1.97. The summed E-state index contributed by atoms with van der Waals surface area (Å²) >= 11 is 3.07. The minimum atomic E-state index is -0.136. The van der Waals surface area contributed by atoms with Crippen LogP contribution >= 0.6 is 23.1 Å². The van der Waals surface area contributed by atoms with Crippen LogP contribution < -0.4 is 5.32 Å². The van der Waals surface area contributed by atoms with Crippen molar-refractivity contribution in [1.82, 2.24) is 14.5 Å². The normalized spacial score (nSPS) is 10.7. The molecule has 3 aromatic rings. The molecule has 3 rings (SSSR count). The van der Waals surface area contributed by atoms with Gasteiger partial charge in [-0.1, -0.05) is 23.9 Å². The number of nitrogens with one attached hydrogen (secondary N) is 1. The first-order valence-corrected chi connectivity index (χ1v) is 8.91. The SMILES string of the molecule is Cc1csc(NC(=O)c2cccc(CSc3nccn3C)c2)n1. The van der Waals surface area contributed by atoms with Crippen LogP contribution in [0.5, 0.6) is 0 Å². The van der Waals surface area contributed by atoms with Crippen LogP contribution in [0.25, 0.3) is 0 Å². The summed E-state index contributed by atoms with van der Waals surface area (Å²) < 4.78 is 1.98. The third-order valence-electron chi connectivity index (χ3n) is 3.17. The van der Waals surface area contributed by atoms with Crippen molar-refractivity contribution in [2.45, 2.75) is 17.8 Å². The van der Waals surface area contributed by atoms with E-state index < -0.39 is 0 Å². The highest BCUT2D eigenvalue weighted by Gasteiger charge is 2.09. The number of amides is 1. The van der Waals surface area contributed by atoms with E-state index in [0.29, 0.717) is 10.7 Å². The summed E-state index contributed by atoms with van der Waals surface area (Å²) in [5.74, 6) is 0.630. The fourth-order valence-electron chi connectivity index (χ4n) is 2.02. The fourth-order valence-corrected chi connectivity index (χ4v) is 3.58. The van der Waals surface area contributed by atoms with E-state index in [1.807, 2.05) is 54.4 Å². The Morgan fingerprint density at radius 1 is 1.43 bits per heavy atom. The second kappa shape index (κ2) is 6.97. The number of thioether (sulfide) groups is 1. The third-order valence-corrected chi connectivity index (χ3v) is 5.18. The van der Waals surface area contributed by atoms with Gasteiger partial charge in [-0.2, -0.15) is 0 Å². The molecule has 23 heavy (non-hydrogen) atoms. The van der Waals surface area contributed by atoms with Crippen LogP contribution in [0.3, 0.4) is 0 Å². The highest BCUT2D eigenvalue weighted by atomic mass is 32.2. The largest absolute Gasteiger partial charge is 0.329 e. The zero-order chi connectivity index (χ0) is 16.2. The molecule has 0 saturated heterocycles. The Morgan fingerprint density at radius 3 is 3.00 bits per heavy atom. The van der Waals surface area contributed by atoms with Crippen molar-refractivity contribution < 1.29 is 4.79 Å². The first-order valence-electron chi connectivity index (χ1n) is 7.04. The van der Waals surface area contributed by atoms with E-state index in [-0.39, 0.29) is 5.91 Å². The summed E-state index contributed by atoms with van der Waals surface area (Å²) in [5, 5.41) is 6.32. The van der Waals surface area contributed by atoms with Gasteiger partial charge >= 0.3 is 0 Å². The summed E-state index contributed by atoms with van der Waals surface area (Å²) in [4.78, 5) is 20.8. The highest BCUT2D eigenvalue weighted by Crippen LogP contribution is 2.21. The molecule has 118 valence electrons. The fraction of sp³-hybridized carbons (Fsp3) is 0.188. The Kier molecular flexibility index (Phi) is 4.78. The number of imidazole rings is 1. The molecule has 0 aliphatic rings. The van der Waals surface area contributed by atoms with E-state index in [9.17, 15) is 4.79 Å². The lowest BCUT2D eigenvalue weighted by atomic mass is 10.1. The molecule has 2 aromatic heterocycles. The van der Waals surface area contributed by atoms with Gasteiger partial charge < -0.3 is 4.57 Å². The molecular weight excluding hydrogens is 328 g/mol. The molecule has 0 aliphatic heterocycles. The zero-order valence-electron chi connectivity index (χ0n) is 12.8. The molecule has 0 radical (unpaired) electrons. The number of carbonyl (C=O) groups excluding carboxylic acids is 1. The van der Waals surface area contributed by atoms with Crippen LogP contribution in [-0.4, -0.2) is 20.4 Å². The summed E-state index contributed by atoms with van der Waals surface area (Å²) in [5.41, 5.74) is 2.63. The lowest BCUT2D eigenvalue weighted by Crippen LogP contribution is -2.11. The number of carbonyl (C=O) groups is 1. The average molecular weight is 344 g/mol. The quantitative estimate of drug-likeness (QED) is 0.717. The topological polar surface area (TPSA) is 59.8 Å². The minimum absolute atomic E-state index is 0.136. The van der Waals surface area contributed by atoms with E-state index in [4.69, 9.17) is 0 Å². The number of aryl methyl sites for hydroxylation is 2. The maximum Gasteiger partial charge on any atom is 0.257 e. The molecular formula is C16H16N4OS2. The Labute approximate surface area is 142 Å². The second-order valence-corrected chi connectivity index (χ2v) is 6.86. The predicted octanol–water partition coefficient (Wildman–Crippen LogP) is 3.73. The molecule has 0 atom stereocenters. The van der Waals surface area contributed by atoms with Gasteiger partial charge in [0.1, 0.15) is 0 Å². The molecule has 0 aliphatic carbocycles. The van der Waals surface area contributed by atoms with Crippen molar-refractivity contribution in [1.29, 1.82) is 0 Å². The summed E-state index contributed by atoms with van der Waals surface area (Å²) in [6.07, 6.45) is 3.70. The van der Waals surface area contributed by atoms with Crippen LogP contribution in [0, 0.1) is 6.92 Å². The van der Waals surface area contributed by atoms with Crippen molar-refractivity contribution in [3.63, 3.8) is 0 Å². The number of nitrogens with zero attached hydrogens (tertiary/aromatic N) is 3. The third kappa shape index (κ3) is 4.00. The Hall–Kier alpha value is -2.12. The molecule has 0 bridgehead atoms. The highest BCUT2D eigenvalue weighted by molar-refractivity contribution is 7.98. The van der Waals surface area contributed by atoms with Gasteiger partial charge in [0.15, 0.2) is 10.3 Å². The van der Waals surface area contributed by atoms with Crippen LogP contribution in [0.2, 0.25) is 0 Å². The van der Waals surface area contributed by atoms with E-state index in [1.165, 1.54) is 11.3 Å². The number of anilines is 1. The number of hydrogen-bond donors (Lipinski definition) is 1. The summed E-state index contributed by atoms with van der Waals surface area (Å²) in [6, 6.07) is 7.63. The zero-order valence-corrected chi connectivity index (χ0v) is 14.4. The van der Waals surface area contributed by atoms with Gasteiger partial charge in [0, 0.05) is 36.1 Å². The molecule has 5 nitrogen and oxygen atoms in total. The monoisotopic (exact) mass is 344 g/mol. The summed E-state index contributed by atoms with van der Waals surface area (Å²) in [6.45, 7) is 1.90. The van der Waals surface area contributed by atoms with E-state index in [0.717, 1.165) is 22.2 Å². The van der Waals surface area contributed by atoms with Gasteiger partial charge in [0.05, 0.1) is 5.69 Å². The van der Waals surface area contributed by atoms with Crippen LogP contribution in [0.4, 0.5) is 5.13 Å². The van der Waals surface area contributed by atoms with Crippen LogP contribution in [0.1, 0.15) is 21.6 Å². The van der Waals surface area contributed by atoms with Crippen molar-refractivity contribution in [3.05, 3.63) is 58.9 Å². The smallest absolute Gasteiger partial charge is 0.257 e. The number of rotatable bonds is 5. The lowest BCUT2D eigenvalue weighted by Gasteiger charge is -2.05. The van der Waals surface area contributed by atoms with Gasteiger partial charge in [-0.3, -0.25) is 10.1 Å². The van der Waals surface area contributed by atoms with E-state index in [2.05, 4.69) is 15.3 Å². The Morgan fingerprint density at radius 2 is 2.30 bits per heavy atom. The molecule has 0 unspecified atom stereocenters. The number of aromatic nitrogens is 3. The van der Waals surface area contributed by atoms with Crippen molar-refractivity contribution in [2.24, 2.45) is 7.05 Å². The number of benzene rings is 1. The lowest BCUT2D eigenvalue weighted by molar-refractivity contribution is 0.102. The molecule has 7 heteroatoms. The predicted molar refractivity (Wildman–Crippen MR) is 94.0 cm³/mol. The van der Waals surface area contributed by atoms with Gasteiger partial charge in [-0.05, 0) is 24.6 Å². The van der Waals surface area contributed by atoms with Gasteiger partial charge in [-0.25, -0.2) is 9.97 Å². The molecule has 1 amide bonds. The van der Waals surface area contributed by atoms with Crippen LogP contribution in [0.15, 0.2) is 47.2 Å².